The van der Waals surface area contributed by atoms with E-state index in [4.69, 9.17) is 9.57 Å². The molecule has 3 rings (SSSR count). The first-order valence-corrected chi connectivity index (χ1v) is 9.24. The molecule has 0 aromatic heterocycles. The Morgan fingerprint density at radius 3 is 2.24 bits per heavy atom. The molecule has 0 atom stereocenters. The number of carbonyl (C=O) groups excluding carboxylic acids is 1. The number of oxime groups is 1. The van der Waals surface area contributed by atoms with Crippen LogP contribution in [0.15, 0.2) is 84.0 Å². The molecule has 29 heavy (non-hydrogen) atoms. The van der Waals surface area contributed by atoms with Gasteiger partial charge in [-0.1, -0.05) is 65.8 Å². The highest BCUT2D eigenvalue weighted by Gasteiger charge is 2.09. The van der Waals surface area contributed by atoms with Gasteiger partial charge in [-0.25, -0.2) is 0 Å². The molecule has 0 fully saturated rings. The van der Waals surface area contributed by atoms with E-state index in [1.165, 1.54) is 7.11 Å². The van der Waals surface area contributed by atoms with Crippen LogP contribution >= 0.6 is 0 Å². The van der Waals surface area contributed by atoms with Gasteiger partial charge in [0.1, 0.15) is 25.2 Å². The van der Waals surface area contributed by atoms with E-state index >= 15 is 0 Å². The van der Waals surface area contributed by atoms with Crippen molar-refractivity contribution in [3.8, 4) is 5.75 Å². The second-order valence-electron chi connectivity index (χ2n) is 6.37. The van der Waals surface area contributed by atoms with E-state index in [1.54, 1.807) is 7.11 Å². The van der Waals surface area contributed by atoms with Crippen LogP contribution in [0, 0.1) is 0 Å². The summed E-state index contributed by atoms with van der Waals surface area (Å²) in [6, 6.07) is 25.3. The van der Waals surface area contributed by atoms with Gasteiger partial charge in [-0.2, -0.15) is 0 Å². The lowest BCUT2D eigenvalue weighted by Crippen LogP contribution is -2.05. The number of hydrogen-bond acceptors (Lipinski definition) is 5. The largest absolute Gasteiger partial charge is 0.489 e. The normalized spacial score (nSPS) is 11.0. The maximum Gasteiger partial charge on any atom is 0.309 e. The minimum atomic E-state index is -0.262. The highest BCUT2D eigenvalue weighted by molar-refractivity contribution is 6.12. The Kier molecular flexibility index (Phi) is 7.00. The summed E-state index contributed by atoms with van der Waals surface area (Å²) in [7, 11) is 2.92. The molecule has 0 saturated carbocycles. The van der Waals surface area contributed by atoms with Crippen molar-refractivity contribution in [3.05, 3.63) is 101 Å². The average Bonchev–Trinajstić information content (AvgIpc) is 2.77. The monoisotopic (exact) mass is 389 g/mol. The Labute approximate surface area is 170 Å². The van der Waals surface area contributed by atoms with Gasteiger partial charge in [-0.05, 0) is 29.3 Å². The highest BCUT2D eigenvalue weighted by Crippen LogP contribution is 2.17. The lowest BCUT2D eigenvalue weighted by molar-refractivity contribution is -0.139. The van der Waals surface area contributed by atoms with Crippen molar-refractivity contribution in [1.82, 2.24) is 0 Å². The summed E-state index contributed by atoms with van der Waals surface area (Å²) in [5, 5.41) is 4.20. The molecule has 0 N–H and O–H groups in total. The van der Waals surface area contributed by atoms with Crippen LogP contribution in [0.25, 0.3) is 0 Å². The quantitative estimate of drug-likeness (QED) is 0.326. The summed E-state index contributed by atoms with van der Waals surface area (Å²) >= 11 is 0. The first-order valence-electron chi connectivity index (χ1n) is 9.24. The Balaban J connectivity index is 1.70. The SMILES string of the molecule is CO/N=C(\c1ccccc1)c1cccc(COc2ccc(CC(=O)OC)cc2)c1. The molecule has 5 nitrogen and oxygen atoms in total. The van der Waals surface area contributed by atoms with Crippen molar-refractivity contribution >= 4 is 11.7 Å². The fourth-order valence-electron chi connectivity index (χ4n) is 2.88. The molecule has 3 aromatic rings. The topological polar surface area (TPSA) is 57.1 Å². The molecule has 5 heteroatoms. The van der Waals surface area contributed by atoms with Gasteiger partial charge in [0.05, 0.1) is 13.5 Å². The maximum atomic E-state index is 11.3. The molecular formula is C24H23NO4. The van der Waals surface area contributed by atoms with Crippen LogP contribution in [0.1, 0.15) is 22.3 Å². The van der Waals surface area contributed by atoms with Gasteiger partial charge in [0.15, 0.2) is 0 Å². The summed E-state index contributed by atoms with van der Waals surface area (Å²) in [5.74, 6) is 0.472. The first-order chi connectivity index (χ1) is 14.2. The minimum Gasteiger partial charge on any atom is -0.489 e. The van der Waals surface area contributed by atoms with E-state index in [0.717, 1.165) is 33.7 Å². The van der Waals surface area contributed by atoms with Crippen molar-refractivity contribution in [3.63, 3.8) is 0 Å². The van der Waals surface area contributed by atoms with Gasteiger partial charge < -0.3 is 14.3 Å². The fraction of sp³-hybridized carbons (Fsp3) is 0.167. The third-order valence-electron chi connectivity index (χ3n) is 4.34. The molecule has 0 unspecified atom stereocenters. The van der Waals surface area contributed by atoms with E-state index in [1.807, 2.05) is 78.9 Å². The van der Waals surface area contributed by atoms with Crippen LogP contribution in [0.4, 0.5) is 0 Å². The molecule has 0 radical (unpaired) electrons. The first kappa shape index (κ1) is 20.1. The van der Waals surface area contributed by atoms with Crippen LogP contribution in [0.5, 0.6) is 5.75 Å². The molecule has 0 bridgehead atoms. The Morgan fingerprint density at radius 1 is 0.828 bits per heavy atom. The van der Waals surface area contributed by atoms with E-state index < -0.39 is 0 Å². The van der Waals surface area contributed by atoms with Crippen LogP contribution in [-0.4, -0.2) is 25.9 Å². The zero-order valence-electron chi connectivity index (χ0n) is 16.5. The number of carbonyl (C=O) groups is 1. The number of benzene rings is 3. The van der Waals surface area contributed by atoms with Gasteiger partial charge in [0.25, 0.3) is 0 Å². The highest BCUT2D eigenvalue weighted by atomic mass is 16.6. The zero-order valence-corrected chi connectivity index (χ0v) is 16.5. The van der Waals surface area contributed by atoms with Gasteiger partial charge >= 0.3 is 5.97 Å². The average molecular weight is 389 g/mol. The molecule has 3 aromatic carbocycles. The van der Waals surface area contributed by atoms with E-state index in [0.29, 0.717) is 6.61 Å². The van der Waals surface area contributed by atoms with Crippen LogP contribution in [-0.2, 0) is 27.4 Å². The minimum absolute atomic E-state index is 0.250. The second-order valence-corrected chi connectivity index (χ2v) is 6.37. The standard InChI is InChI=1S/C24H23NO4/c1-27-23(26)16-18-11-13-22(14-12-18)29-17-19-7-6-10-21(15-19)24(25-28-2)20-8-4-3-5-9-20/h3-15H,16-17H2,1-2H3/b25-24+. The van der Waals surface area contributed by atoms with Gasteiger partial charge in [-0.3, -0.25) is 4.79 Å². The lowest BCUT2D eigenvalue weighted by Gasteiger charge is -2.10. The van der Waals surface area contributed by atoms with Crippen molar-refractivity contribution in [1.29, 1.82) is 0 Å². The fourth-order valence-corrected chi connectivity index (χ4v) is 2.88. The molecule has 0 aliphatic heterocycles. The van der Waals surface area contributed by atoms with Crippen LogP contribution in [0.2, 0.25) is 0 Å². The summed E-state index contributed by atoms with van der Waals surface area (Å²) in [4.78, 5) is 16.4. The summed E-state index contributed by atoms with van der Waals surface area (Å²) in [5.41, 5.74) is 4.60. The van der Waals surface area contributed by atoms with Crippen LogP contribution < -0.4 is 4.74 Å². The predicted octanol–water partition coefficient (Wildman–Crippen LogP) is 4.38. The maximum absolute atomic E-state index is 11.3. The van der Waals surface area contributed by atoms with Crippen LogP contribution in [0.3, 0.4) is 0 Å². The van der Waals surface area contributed by atoms with E-state index in [-0.39, 0.29) is 12.4 Å². The van der Waals surface area contributed by atoms with E-state index in [9.17, 15) is 4.79 Å². The molecule has 0 heterocycles. The third-order valence-corrected chi connectivity index (χ3v) is 4.34. The summed E-state index contributed by atoms with van der Waals surface area (Å²) in [6.07, 6.45) is 0.250. The summed E-state index contributed by atoms with van der Waals surface area (Å²) < 4.78 is 10.6. The molecular weight excluding hydrogens is 366 g/mol. The number of esters is 1. The number of ether oxygens (including phenoxy) is 2. The Bertz CT molecular complexity index is 966. The van der Waals surface area contributed by atoms with Gasteiger partial charge in [-0.15, -0.1) is 0 Å². The summed E-state index contributed by atoms with van der Waals surface area (Å²) in [6.45, 7) is 0.416. The molecule has 0 aliphatic carbocycles. The molecule has 0 saturated heterocycles. The molecule has 0 amide bonds. The smallest absolute Gasteiger partial charge is 0.309 e. The van der Waals surface area contributed by atoms with Crippen molar-refractivity contribution in [2.24, 2.45) is 5.16 Å². The number of hydrogen-bond donors (Lipinski definition) is 0. The Morgan fingerprint density at radius 2 is 1.55 bits per heavy atom. The van der Waals surface area contributed by atoms with E-state index in [2.05, 4.69) is 9.89 Å². The predicted molar refractivity (Wildman–Crippen MR) is 112 cm³/mol. The van der Waals surface area contributed by atoms with Crippen molar-refractivity contribution < 1.29 is 19.1 Å². The Hall–Kier alpha value is -3.60. The van der Waals surface area contributed by atoms with Crippen molar-refractivity contribution in [2.45, 2.75) is 13.0 Å². The molecule has 0 spiro atoms. The number of rotatable bonds is 8. The number of methoxy groups -OCH3 is 1. The lowest BCUT2D eigenvalue weighted by atomic mass is 10.0. The second kappa shape index (κ2) is 10.1. The molecule has 148 valence electrons. The van der Waals surface area contributed by atoms with Crippen molar-refractivity contribution in [2.75, 3.05) is 14.2 Å². The van der Waals surface area contributed by atoms with Gasteiger partial charge in [0, 0.05) is 11.1 Å². The zero-order chi connectivity index (χ0) is 20.5. The number of nitrogens with zero attached hydrogens (tertiary/aromatic N) is 1. The third kappa shape index (κ3) is 5.69. The molecule has 0 aliphatic rings. The van der Waals surface area contributed by atoms with Gasteiger partial charge in [0.2, 0.25) is 0 Å².